The molecule has 0 aliphatic rings. The standard InChI is InChI=1S/C13H17Cl2NO2/c14-11-6-5-10(9-12(11)15)13(18)16-7-3-1-2-4-8-17/h5-6,9,17H,1-4,7-8H2,(H,16,18). The van der Waals surface area contributed by atoms with Gasteiger partial charge in [-0.05, 0) is 31.0 Å². The second-order valence-corrected chi connectivity index (χ2v) is 4.84. The minimum atomic E-state index is -0.143. The Morgan fingerprint density at radius 1 is 1.11 bits per heavy atom. The largest absolute Gasteiger partial charge is 0.396 e. The summed E-state index contributed by atoms with van der Waals surface area (Å²) < 4.78 is 0. The number of hydrogen-bond donors (Lipinski definition) is 2. The number of aliphatic hydroxyl groups excluding tert-OH is 1. The summed E-state index contributed by atoms with van der Waals surface area (Å²) in [5, 5.41) is 12.3. The smallest absolute Gasteiger partial charge is 0.251 e. The number of unbranched alkanes of at least 4 members (excludes halogenated alkanes) is 3. The third-order valence-electron chi connectivity index (χ3n) is 2.55. The number of hydrogen-bond acceptors (Lipinski definition) is 2. The van der Waals surface area contributed by atoms with Crippen molar-refractivity contribution in [2.75, 3.05) is 13.2 Å². The SMILES string of the molecule is O=C(NCCCCCCO)c1ccc(Cl)c(Cl)c1. The molecule has 0 aromatic heterocycles. The number of amides is 1. The number of carbonyl (C=O) groups excluding carboxylic acids is 1. The van der Waals surface area contributed by atoms with E-state index < -0.39 is 0 Å². The molecule has 0 saturated heterocycles. The second kappa shape index (κ2) is 8.35. The summed E-state index contributed by atoms with van der Waals surface area (Å²) in [7, 11) is 0. The molecule has 2 N–H and O–H groups in total. The molecule has 0 aliphatic carbocycles. The lowest BCUT2D eigenvalue weighted by Crippen LogP contribution is -2.24. The zero-order valence-corrected chi connectivity index (χ0v) is 11.6. The van der Waals surface area contributed by atoms with Crippen molar-refractivity contribution >= 4 is 29.1 Å². The molecule has 1 aromatic rings. The predicted octanol–water partition coefficient (Wildman–Crippen LogP) is 3.28. The van der Waals surface area contributed by atoms with Gasteiger partial charge in [0.25, 0.3) is 5.91 Å². The molecule has 0 heterocycles. The maximum absolute atomic E-state index is 11.7. The first-order valence-electron chi connectivity index (χ1n) is 5.99. The van der Waals surface area contributed by atoms with Crippen molar-refractivity contribution in [3.05, 3.63) is 33.8 Å². The van der Waals surface area contributed by atoms with Gasteiger partial charge in [0, 0.05) is 18.7 Å². The van der Waals surface area contributed by atoms with Crippen LogP contribution in [0.2, 0.25) is 10.0 Å². The molecule has 0 radical (unpaired) electrons. The fourth-order valence-corrected chi connectivity index (χ4v) is 1.83. The fraction of sp³-hybridized carbons (Fsp3) is 0.462. The summed E-state index contributed by atoms with van der Waals surface area (Å²) in [4.78, 5) is 11.7. The van der Waals surface area contributed by atoms with Gasteiger partial charge in [-0.2, -0.15) is 0 Å². The normalized spacial score (nSPS) is 10.4. The lowest BCUT2D eigenvalue weighted by molar-refractivity contribution is 0.0953. The topological polar surface area (TPSA) is 49.3 Å². The van der Waals surface area contributed by atoms with Crippen molar-refractivity contribution in [3.8, 4) is 0 Å². The van der Waals surface area contributed by atoms with Crippen LogP contribution in [0.3, 0.4) is 0 Å². The zero-order valence-electron chi connectivity index (χ0n) is 10.1. The van der Waals surface area contributed by atoms with Crippen molar-refractivity contribution in [2.45, 2.75) is 25.7 Å². The maximum atomic E-state index is 11.7. The molecule has 3 nitrogen and oxygen atoms in total. The van der Waals surface area contributed by atoms with Gasteiger partial charge in [0.15, 0.2) is 0 Å². The van der Waals surface area contributed by atoms with E-state index in [9.17, 15) is 4.79 Å². The van der Waals surface area contributed by atoms with Gasteiger partial charge in [-0.15, -0.1) is 0 Å². The Morgan fingerprint density at radius 2 is 1.83 bits per heavy atom. The number of rotatable bonds is 7. The zero-order chi connectivity index (χ0) is 13.4. The van der Waals surface area contributed by atoms with Gasteiger partial charge in [0.05, 0.1) is 10.0 Å². The van der Waals surface area contributed by atoms with Crippen LogP contribution in [0.4, 0.5) is 0 Å². The Labute approximate surface area is 117 Å². The first kappa shape index (κ1) is 15.3. The highest BCUT2D eigenvalue weighted by Crippen LogP contribution is 2.22. The monoisotopic (exact) mass is 289 g/mol. The molecule has 100 valence electrons. The average molecular weight is 290 g/mol. The number of halogens is 2. The molecule has 0 spiro atoms. The van der Waals surface area contributed by atoms with Crippen LogP contribution in [0, 0.1) is 0 Å². The fourth-order valence-electron chi connectivity index (χ4n) is 1.53. The van der Waals surface area contributed by atoms with Crippen LogP contribution in [0.25, 0.3) is 0 Å². The second-order valence-electron chi connectivity index (χ2n) is 4.02. The van der Waals surface area contributed by atoms with Crippen molar-refractivity contribution in [3.63, 3.8) is 0 Å². The summed E-state index contributed by atoms with van der Waals surface area (Å²) in [6.07, 6.45) is 3.72. The maximum Gasteiger partial charge on any atom is 0.251 e. The van der Waals surface area contributed by atoms with Crippen LogP contribution in [0.5, 0.6) is 0 Å². The van der Waals surface area contributed by atoms with Gasteiger partial charge in [-0.1, -0.05) is 36.0 Å². The lowest BCUT2D eigenvalue weighted by atomic mass is 10.2. The molecule has 0 bridgehead atoms. The van der Waals surface area contributed by atoms with Crippen molar-refractivity contribution in [1.82, 2.24) is 5.32 Å². The predicted molar refractivity (Wildman–Crippen MR) is 74.3 cm³/mol. The van der Waals surface area contributed by atoms with E-state index in [4.69, 9.17) is 28.3 Å². The average Bonchev–Trinajstić information content (AvgIpc) is 2.36. The number of benzene rings is 1. The van der Waals surface area contributed by atoms with Gasteiger partial charge < -0.3 is 10.4 Å². The quantitative estimate of drug-likeness (QED) is 0.757. The summed E-state index contributed by atoms with van der Waals surface area (Å²) in [5.41, 5.74) is 0.514. The van der Waals surface area contributed by atoms with E-state index in [1.54, 1.807) is 18.2 Å². The Balaban J connectivity index is 2.30. The number of aliphatic hydroxyl groups is 1. The van der Waals surface area contributed by atoms with Crippen LogP contribution in [-0.2, 0) is 0 Å². The van der Waals surface area contributed by atoms with Crippen LogP contribution < -0.4 is 5.32 Å². The van der Waals surface area contributed by atoms with Crippen molar-refractivity contribution in [1.29, 1.82) is 0 Å². The van der Waals surface area contributed by atoms with E-state index in [-0.39, 0.29) is 12.5 Å². The van der Waals surface area contributed by atoms with Crippen LogP contribution in [-0.4, -0.2) is 24.2 Å². The Hall–Kier alpha value is -0.770. The first-order chi connectivity index (χ1) is 8.65. The van der Waals surface area contributed by atoms with Gasteiger partial charge in [0.2, 0.25) is 0 Å². The van der Waals surface area contributed by atoms with Gasteiger partial charge >= 0.3 is 0 Å². The highest BCUT2D eigenvalue weighted by Gasteiger charge is 2.06. The molecule has 1 amide bonds. The molecular formula is C13H17Cl2NO2. The third kappa shape index (κ3) is 5.25. The molecule has 0 unspecified atom stereocenters. The molecule has 0 saturated carbocycles. The first-order valence-corrected chi connectivity index (χ1v) is 6.75. The van der Waals surface area contributed by atoms with E-state index in [0.29, 0.717) is 22.2 Å². The minimum absolute atomic E-state index is 0.143. The molecule has 1 rings (SSSR count). The molecule has 18 heavy (non-hydrogen) atoms. The highest BCUT2D eigenvalue weighted by atomic mass is 35.5. The van der Waals surface area contributed by atoms with Gasteiger partial charge in [-0.3, -0.25) is 4.79 Å². The Morgan fingerprint density at radius 3 is 2.50 bits per heavy atom. The summed E-state index contributed by atoms with van der Waals surface area (Å²) in [6.45, 7) is 0.861. The van der Waals surface area contributed by atoms with Crippen molar-refractivity contribution < 1.29 is 9.90 Å². The van der Waals surface area contributed by atoms with E-state index in [0.717, 1.165) is 25.7 Å². The summed E-state index contributed by atoms with van der Waals surface area (Å²) in [6, 6.07) is 4.82. The molecule has 1 aromatic carbocycles. The molecule has 0 atom stereocenters. The van der Waals surface area contributed by atoms with Gasteiger partial charge in [-0.25, -0.2) is 0 Å². The highest BCUT2D eigenvalue weighted by molar-refractivity contribution is 6.42. The molecule has 5 heteroatoms. The van der Waals surface area contributed by atoms with Crippen molar-refractivity contribution in [2.24, 2.45) is 0 Å². The molecular weight excluding hydrogens is 273 g/mol. The third-order valence-corrected chi connectivity index (χ3v) is 3.29. The van der Waals surface area contributed by atoms with Gasteiger partial charge in [0.1, 0.15) is 0 Å². The number of nitrogens with one attached hydrogen (secondary N) is 1. The summed E-state index contributed by atoms with van der Waals surface area (Å²) in [5.74, 6) is -0.143. The van der Waals surface area contributed by atoms with E-state index in [2.05, 4.69) is 5.32 Å². The summed E-state index contributed by atoms with van der Waals surface area (Å²) >= 11 is 11.6. The Bertz CT molecular complexity index is 397. The van der Waals surface area contributed by atoms with E-state index >= 15 is 0 Å². The minimum Gasteiger partial charge on any atom is -0.396 e. The van der Waals surface area contributed by atoms with Crippen LogP contribution >= 0.6 is 23.2 Å². The van der Waals surface area contributed by atoms with E-state index in [1.165, 1.54) is 0 Å². The lowest BCUT2D eigenvalue weighted by Gasteiger charge is -2.06. The van der Waals surface area contributed by atoms with Crippen LogP contribution in [0.1, 0.15) is 36.0 Å². The van der Waals surface area contributed by atoms with E-state index in [1.807, 2.05) is 0 Å². The Kier molecular flexibility index (Phi) is 7.09. The van der Waals surface area contributed by atoms with Crippen LogP contribution in [0.15, 0.2) is 18.2 Å². The molecule has 0 fully saturated rings. The number of carbonyl (C=O) groups is 1. The molecule has 0 aliphatic heterocycles.